The van der Waals surface area contributed by atoms with Crippen LogP contribution in [0.5, 0.6) is 0 Å². The van der Waals surface area contributed by atoms with Crippen LogP contribution in [0.4, 0.5) is 10.7 Å². The van der Waals surface area contributed by atoms with Gasteiger partial charge in [-0.05, 0) is 6.07 Å². The molecule has 0 bridgehead atoms. The van der Waals surface area contributed by atoms with Gasteiger partial charge < -0.3 is 19.4 Å². The molecule has 3 aliphatic heterocycles. The third kappa shape index (κ3) is 3.15. The van der Waals surface area contributed by atoms with Gasteiger partial charge in [-0.15, -0.1) is 0 Å². The average molecular weight is 367 g/mol. The largest absolute Gasteiger partial charge is 0.378 e. The lowest BCUT2D eigenvalue weighted by Crippen LogP contribution is -2.63. The predicted molar refractivity (Wildman–Crippen MR) is 90.1 cm³/mol. The predicted octanol–water partition coefficient (Wildman–Crippen LogP) is -0.784. The van der Waals surface area contributed by atoms with Crippen molar-refractivity contribution in [3.8, 4) is 0 Å². The van der Waals surface area contributed by atoms with Crippen LogP contribution in [-0.2, 0) is 14.6 Å². The van der Waals surface area contributed by atoms with Gasteiger partial charge in [-0.3, -0.25) is 0 Å². The number of aromatic nitrogens is 2. The zero-order chi connectivity index (χ0) is 17.4. The fourth-order valence-electron chi connectivity index (χ4n) is 3.81. The lowest BCUT2D eigenvalue weighted by molar-refractivity contribution is 0.0376. The summed E-state index contributed by atoms with van der Waals surface area (Å²) >= 11 is 0. The first-order valence-electron chi connectivity index (χ1n) is 8.42. The smallest absolute Gasteiger partial charge is 0.320 e. The van der Waals surface area contributed by atoms with Crippen LogP contribution in [0, 0.1) is 0 Å². The Balaban J connectivity index is 1.59. The molecule has 0 saturated carbocycles. The standard InChI is InChI=1S/C15H21N5O4S/c21-15(18-6-8-24-9-7-18)20-5-4-19(14-16-2-1-3-17-14)12-10-25(22,23)11-13(12)20/h1-3,12-13H,4-11H2/t12-,13+/m1/s1. The molecule has 4 heterocycles. The lowest BCUT2D eigenvalue weighted by Gasteiger charge is -2.45. The van der Waals surface area contributed by atoms with Crippen molar-refractivity contribution in [2.75, 3.05) is 55.8 Å². The zero-order valence-electron chi connectivity index (χ0n) is 13.8. The number of nitrogens with zero attached hydrogens (tertiary/aromatic N) is 5. The molecular formula is C15H21N5O4S. The summed E-state index contributed by atoms with van der Waals surface area (Å²) in [5.74, 6) is 0.549. The molecule has 3 fully saturated rings. The Bertz CT molecular complexity index is 738. The maximum Gasteiger partial charge on any atom is 0.320 e. The first-order valence-corrected chi connectivity index (χ1v) is 10.2. The van der Waals surface area contributed by atoms with Gasteiger partial charge in [-0.1, -0.05) is 0 Å². The number of piperazine rings is 1. The number of carbonyl (C=O) groups is 1. The number of hydrogen-bond donors (Lipinski definition) is 0. The molecular weight excluding hydrogens is 346 g/mol. The second-order valence-electron chi connectivity index (χ2n) is 6.53. The van der Waals surface area contributed by atoms with E-state index >= 15 is 0 Å². The Labute approximate surface area is 146 Å². The SMILES string of the molecule is O=C(N1CCOCC1)N1CCN(c2ncccn2)[C@@H]2CS(=O)(=O)C[C@@H]21. The summed E-state index contributed by atoms with van der Waals surface area (Å²) in [6.45, 7) is 3.13. The number of rotatable bonds is 1. The van der Waals surface area contributed by atoms with E-state index in [1.807, 2.05) is 4.90 Å². The van der Waals surface area contributed by atoms with Crippen molar-refractivity contribution >= 4 is 21.8 Å². The number of fused-ring (bicyclic) bond motifs is 1. The Morgan fingerprint density at radius 1 is 1.04 bits per heavy atom. The van der Waals surface area contributed by atoms with Crippen molar-refractivity contribution in [2.45, 2.75) is 12.1 Å². The van der Waals surface area contributed by atoms with E-state index in [-0.39, 0.29) is 29.6 Å². The normalized spacial score (nSPS) is 28.7. The molecule has 9 nitrogen and oxygen atoms in total. The maximum absolute atomic E-state index is 12.9. The van der Waals surface area contributed by atoms with Crippen LogP contribution in [0.2, 0.25) is 0 Å². The van der Waals surface area contributed by atoms with E-state index < -0.39 is 9.84 Å². The highest BCUT2D eigenvalue weighted by molar-refractivity contribution is 7.91. The molecule has 2 atom stereocenters. The number of hydrogen-bond acceptors (Lipinski definition) is 7. The first kappa shape index (κ1) is 16.5. The molecule has 0 unspecified atom stereocenters. The number of sulfone groups is 1. The van der Waals surface area contributed by atoms with Crippen LogP contribution in [-0.4, -0.2) is 97.2 Å². The second-order valence-corrected chi connectivity index (χ2v) is 8.68. The van der Waals surface area contributed by atoms with Crippen LogP contribution < -0.4 is 4.90 Å². The van der Waals surface area contributed by atoms with Gasteiger partial charge in [0.05, 0.1) is 36.8 Å². The Kier molecular flexibility index (Phi) is 4.24. The van der Waals surface area contributed by atoms with Crippen LogP contribution >= 0.6 is 0 Å². The molecule has 3 aliphatic rings. The third-order valence-electron chi connectivity index (χ3n) is 5.01. The molecule has 0 N–H and O–H groups in total. The van der Waals surface area contributed by atoms with Crippen LogP contribution in [0.3, 0.4) is 0 Å². The summed E-state index contributed by atoms with van der Waals surface area (Å²) in [5.41, 5.74) is 0. The summed E-state index contributed by atoms with van der Waals surface area (Å²) in [7, 11) is -3.20. The summed E-state index contributed by atoms with van der Waals surface area (Å²) < 4.78 is 29.9. The zero-order valence-corrected chi connectivity index (χ0v) is 14.6. The minimum absolute atomic E-state index is 0.00290. The highest BCUT2D eigenvalue weighted by Gasteiger charge is 2.49. The molecule has 2 amide bonds. The van der Waals surface area contributed by atoms with Gasteiger partial charge in [0.25, 0.3) is 0 Å². The Morgan fingerprint density at radius 3 is 2.44 bits per heavy atom. The summed E-state index contributed by atoms with van der Waals surface area (Å²) in [6.07, 6.45) is 3.29. The van der Waals surface area contributed by atoms with Gasteiger partial charge in [-0.25, -0.2) is 23.2 Å². The van der Waals surface area contributed by atoms with Crippen LogP contribution in [0.15, 0.2) is 18.5 Å². The molecule has 136 valence electrons. The highest BCUT2D eigenvalue weighted by atomic mass is 32.2. The van der Waals surface area contributed by atoms with E-state index in [1.54, 1.807) is 28.3 Å². The molecule has 10 heteroatoms. The van der Waals surface area contributed by atoms with Crippen molar-refractivity contribution in [1.29, 1.82) is 0 Å². The molecule has 0 aromatic carbocycles. The maximum atomic E-state index is 12.9. The summed E-state index contributed by atoms with van der Waals surface area (Å²) in [6, 6.07) is 0.970. The number of urea groups is 1. The van der Waals surface area contributed by atoms with Gasteiger partial charge in [0, 0.05) is 38.6 Å². The minimum Gasteiger partial charge on any atom is -0.378 e. The van der Waals surface area contributed by atoms with E-state index in [9.17, 15) is 13.2 Å². The highest BCUT2D eigenvalue weighted by Crippen LogP contribution is 2.29. The van der Waals surface area contributed by atoms with E-state index in [1.165, 1.54) is 0 Å². The van der Waals surface area contributed by atoms with Crippen molar-refractivity contribution < 1.29 is 17.9 Å². The van der Waals surface area contributed by atoms with Crippen LogP contribution in [0.25, 0.3) is 0 Å². The van der Waals surface area contributed by atoms with Gasteiger partial charge in [0.2, 0.25) is 5.95 Å². The second kappa shape index (κ2) is 6.41. The fourth-order valence-corrected chi connectivity index (χ4v) is 5.80. The topological polar surface area (TPSA) is 95.9 Å². The number of amides is 2. The Hall–Kier alpha value is -1.94. The van der Waals surface area contributed by atoms with E-state index in [0.29, 0.717) is 45.3 Å². The third-order valence-corrected chi connectivity index (χ3v) is 6.71. The van der Waals surface area contributed by atoms with Gasteiger partial charge in [0.1, 0.15) is 0 Å². The average Bonchev–Trinajstić information content (AvgIpc) is 2.96. The molecule has 0 aliphatic carbocycles. The molecule has 1 aromatic heterocycles. The van der Waals surface area contributed by atoms with E-state index in [2.05, 4.69) is 9.97 Å². The molecule has 4 rings (SSSR count). The number of ether oxygens (including phenoxy) is 1. The van der Waals surface area contributed by atoms with Crippen LogP contribution in [0.1, 0.15) is 0 Å². The van der Waals surface area contributed by atoms with Crippen molar-refractivity contribution in [2.24, 2.45) is 0 Å². The number of carbonyl (C=O) groups excluding carboxylic acids is 1. The molecule has 0 radical (unpaired) electrons. The fraction of sp³-hybridized carbons (Fsp3) is 0.667. The number of morpholine rings is 1. The first-order chi connectivity index (χ1) is 12.1. The van der Waals surface area contributed by atoms with Crippen molar-refractivity contribution in [1.82, 2.24) is 19.8 Å². The molecule has 25 heavy (non-hydrogen) atoms. The molecule has 3 saturated heterocycles. The minimum atomic E-state index is -3.20. The van der Waals surface area contributed by atoms with Gasteiger partial charge in [0.15, 0.2) is 9.84 Å². The Morgan fingerprint density at radius 2 is 1.72 bits per heavy atom. The van der Waals surface area contributed by atoms with E-state index in [0.717, 1.165) is 0 Å². The van der Waals surface area contributed by atoms with E-state index in [4.69, 9.17) is 4.74 Å². The number of anilines is 1. The van der Waals surface area contributed by atoms with Gasteiger partial charge in [-0.2, -0.15) is 0 Å². The van der Waals surface area contributed by atoms with Gasteiger partial charge >= 0.3 is 6.03 Å². The molecule has 1 aromatic rings. The van der Waals surface area contributed by atoms with Crippen molar-refractivity contribution in [3.05, 3.63) is 18.5 Å². The quantitative estimate of drug-likeness (QED) is 0.642. The van der Waals surface area contributed by atoms with Crippen molar-refractivity contribution in [3.63, 3.8) is 0 Å². The summed E-state index contributed by atoms with van der Waals surface area (Å²) in [5, 5.41) is 0. The lowest BCUT2D eigenvalue weighted by atomic mass is 10.1. The molecule has 0 spiro atoms. The monoisotopic (exact) mass is 367 g/mol. The summed E-state index contributed by atoms with van der Waals surface area (Å²) in [4.78, 5) is 26.8.